The second-order valence-electron chi connectivity index (χ2n) is 9.93. The van der Waals surface area contributed by atoms with Gasteiger partial charge in [0.1, 0.15) is 12.6 Å². The summed E-state index contributed by atoms with van der Waals surface area (Å²) in [4.78, 5) is 28.9. The van der Waals surface area contributed by atoms with Gasteiger partial charge in [-0.15, -0.1) is 0 Å². The molecule has 0 bridgehead atoms. The number of unbranched alkanes of at least 4 members (excludes halogenated alkanes) is 1. The van der Waals surface area contributed by atoms with Crippen LogP contribution in [0.4, 0.5) is 18.9 Å². The zero-order chi connectivity index (χ0) is 31.8. The molecule has 13 heteroatoms. The molecule has 1 unspecified atom stereocenters. The molecule has 0 aliphatic rings. The van der Waals surface area contributed by atoms with Crippen LogP contribution in [0, 0.1) is 0 Å². The van der Waals surface area contributed by atoms with Crippen LogP contribution in [0.2, 0.25) is 5.02 Å². The molecule has 3 aromatic carbocycles. The molecule has 0 aliphatic carbocycles. The lowest BCUT2D eigenvalue weighted by Crippen LogP contribution is -2.53. The van der Waals surface area contributed by atoms with Gasteiger partial charge in [0, 0.05) is 24.0 Å². The van der Waals surface area contributed by atoms with Gasteiger partial charge in [-0.3, -0.25) is 13.9 Å². The lowest BCUT2D eigenvalue weighted by Gasteiger charge is -2.33. The number of sulfonamides is 1. The number of hydrogen-bond acceptors (Lipinski definition) is 4. The lowest BCUT2D eigenvalue weighted by atomic mass is 10.0. The van der Waals surface area contributed by atoms with Crippen LogP contribution in [-0.2, 0) is 38.8 Å². The summed E-state index contributed by atoms with van der Waals surface area (Å²) in [5.41, 5.74) is -0.202. The van der Waals surface area contributed by atoms with Gasteiger partial charge in [0.15, 0.2) is 0 Å². The number of anilines is 1. The van der Waals surface area contributed by atoms with Gasteiger partial charge in [-0.25, -0.2) is 8.42 Å². The van der Waals surface area contributed by atoms with Crippen LogP contribution in [0.15, 0.2) is 77.3 Å². The summed E-state index contributed by atoms with van der Waals surface area (Å²) in [5, 5.41) is 2.26. The average molecular weight is 703 g/mol. The van der Waals surface area contributed by atoms with Crippen LogP contribution in [0.5, 0.6) is 0 Å². The molecule has 1 atom stereocenters. The summed E-state index contributed by atoms with van der Waals surface area (Å²) < 4.78 is 67.9. The van der Waals surface area contributed by atoms with E-state index in [0.29, 0.717) is 28.9 Å². The standard InChI is InChI=1S/C30H32BrClF3N3O4S/c1-3-4-16-36-29(40)27(17-21-8-6-5-7-9-21)37(19-22-10-12-23(31)13-11-22)28(39)20-38(43(2,41)42)24-14-15-26(32)25(18-24)30(33,34)35/h5-15,18,27H,3-4,16-17,19-20H2,1-2H3,(H,36,40). The molecule has 0 aromatic heterocycles. The maximum Gasteiger partial charge on any atom is 0.417 e. The van der Waals surface area contributed by atoms with E-state index in [1.54, 1.807) is 36.4 Å². The maximum atomic E-state index is 14.0. The van der Waals surface area contributed by atoms with Crippen LogP contribution < -0.4 is 9.62 Å². The molecule has 0 radical (unpaired) electrons. The van der Waals surface area contributed by atoms with Crippen molar-refractivity contribution < 1.29 is 31.2 Å². The van der Waals surface area contributed by atoms with Gasteiger partial charge in [0.05, 0.1) is 22.5 Å². The normalized spacial score (nSPS) is 12.4. The van der Waals surface area contributed by atoms with E-state index < -0.39 is 51.2 Å². The van der Waals surface area contributed by atoms with Crippen molar-refractivity contribution in [2.75, 3.05) is 23.7 Å². The Morgan fingerprint density at radius 2 is 1.65 bits per heavy atom. The molecular weight excluding hydrogens is 671 g/mol. The molecule has 0 spiro atoms. The number of benzene rings is 3. The third-order valence-electron chi connectivity index (χ3n) is 6.59. The predicted octanol–water partition coefficient (Wildman–Crippen LogP) is 6.44. The molecule has 0 aliphatic heterocycles. The fourth-order valence-corrected chi connectivity index (χ4v) is 5.68. The molecule has 2 amide bonds. The Bertz CT molecular complexity index is 1510. The van der Waals surface area contributed by atoms with E-state index in [-0.39, 0.29) is 18.7 Å². The first-order valence-corrected chi connectivity index (χ1v) is 16.4. The van der Waals surface area contributed by atoms with E-state index in [1.165, 1.54) is 4.90 Å². The van der Waals surface area contributed by atoms with Crippen molar-refractivity contribution in [2.45, 2.75) is 44.9 Å². The number of carbonyl (C=O) groups is 2. The highest BCUT2D eigenvalue weighted by Crippen LogP contribution is 2.37. The second-order valence-corrected chi connectivity index (χ2v) is 13.2. The fourth-order valence-electron chi connectivity index (χ4n) is 4.35. The Kier molecular flexibility index (Phi) is 12.1. The molecule has 7 nitrogen and oxygen atoms in total. The van der Waals surface area contributed by atoms with E-state index in [2.05, 4.69) is 21.2 Å². The van der Waals surface area contributed by atoms with E-state index in [4.69, 9.17) is 11.6 Å². The fraction of sp³-hybridized carbons (Fsp3) is 0.333. The van der Waals surface area contributed by atoms with Gasteiger partial charge in [-0.2, -0.15) is 13.2 Å². The summed E-state index contributed by atoms with van der Waals surface area (Å²) in [7, 11) is -4.25. The van der Waals surface area contributed by atoms with Crippen molar-refractivity contribution in [2.24, 2.45) is 0 Å². The first-order valence-electron chi connectivity index (χ1n) is 13.4. The van der Waals surface area contributed by atoms with Gasteiger partial charge >= 0.3 is 6.18 Å². The van der Waals surface area contributed by atoms with Crippen LogP contribution in [0.25, 0.3) is 0 Å². The van der Waals surface area contributed by atoms with Gasteiger partial charge in [-0.05, 0) is 47.9 Å². The van der Waals surface area contributed by atoms with Crippen molar-refractivity contribution in [1.29, 1.82) is 0 Å². The Balaban J connectivity index is 2.07. The topological polar surface area (TPSA) is 86.8 Å². The summed E-state index contributed by atoms with van der Waals surface area (Å²) in [6.07, 6.45) is -2.40. The molecule has 3 rings (SSSR count). The third-order valence-corrected chi connectivity index (χ3v) is 8.59. The van der Waals surface area contributed by atoms with Gasteiger partial charge < -0.3 is 10.2 Å². The van der Waals surface area contributed by atoms with E-state index in [1.807, 2.05) is 25.1 Å². The molecule has 43 heavy (non-hydrogen) atoms. The minimum Gasteiger partial charge on any atom is -0.354 e. The summed E-state index contributed by atoms with van der Waals surface area (Å²) >= 11 is 9.12. The van der Waals surface area contributed by atoms with Crippen LogP contribution in [-0.4, -0.2) is 50.5 Å². The number of hydrogen-bond donors (Lipinski definition) is 1. The highest BCUT2D eigenvalue weighted by Gasteiger charge is 2.36. The number of nitrogens with zero attached hydrogens (tertiary/aromatic N) is 2. The minimum absolute atomic E-state index is 0.0587. The average Bonchev–Trinajstić information content (AvgIpc) is 2.94. The second kappa shape index (κ2) is 15.1. The highest BCUT2D eigenvalue weighted by atomic mass is 79.9. The number of halogens is 5. The first-order chi connectivity index (χ1) is 20.2. The van der Waals surface area contributed by atoms with Crippen molar-refractivity contribution in [3.8, 4) is 0 Å². The monoisotopic (exact) mass is 701 g/mol. The van der Waals surface area contributed by atoms with Crippen molar-refractivity contribution in [1.82, 2.24) is 10.2 Å². The molecule has 3 aromatic rings. The van der Waals surface area contributed by atoms with Crippen LogP contribution >= 0.6 is 27.5 Å². The van der Waals surface area contributed by atoms with Crippen molar-refractivity contribution in [3.63, 3.8) is 0 Å². The smallest absolute Gasteiger partial charge is 0.354 e. The molecule has 1 N–H and O–H groups in total. The Labute approximate surface area is 263 Å². The van der Waals surface area contributed by atoms with Gasteiger partial charge in [-0.1, -0.05) is 83.3 Å². The van der Waals surface area contributed by atoms with Gasteiger partial charge in [0.2, 0.25) is 21.8 Å². The Hall–Kier alpha value is -3.09. The number of nitrogens with one attached hydrogen (secondary N) is 1. The minimum atomic E-state index is -4.86. The quantitative estimate of drug-likeness (QED) is 0.208. The summed E-state index contributed by atoms with van der Waals surface area (Å²) in [5.74, 6) is -1.21. The number of amides is 2. The molecule has 232 valence electrons. The number of rotatable bonds is 13. The van der Waals surface area contributed by atoms with E-state index >= 15 is 0 Å². The summed E-state index contributed by atoms with van der Waals surface area (Å²) in [6.45, 7) is 1.44. The molecular formula is C30H32BrClF3N3O4S. The third kappa shape index (κ3) is 9.97. The Morgan fingerprint density at radius 1 is 1.00 bits per heavy atom. The Morgan fingerprint density at radius 3 is 2.23 bits per heavy atom. The molecule has 0 saturated heterocycles. The maximum absolute atomic E-state index is 14.0. The van der Waals surface area contributed by atoms with Crippen LogP contribution in [0.1, 0.15) is 36.5 Å². The SMILES string of the molecule is CCCCNC(=O)C(Cc1ccccc1)N(Cc1ccc(Br)cc1)C(=O)CN(c1ccc(Cl)c(C(F)(F)F)c1)S(C)(=O)=O. The molecule has 0 heterocycles. The lowest BCUT2D eigenvalue weighted by molar-refractivity contribution is -0.140. The zero-order valence-corrected chi connectivity index (χ0v) is 26.7. The van der Waals surface area contributed by atoms with Crippen molar-refractivity contribution in [3.05, 3.63) is 99.0 Å². The zero-order valence-electron chi connectivity index (χ0n) is 23.6. The number of alkyl halides is 3. The van der Waals surface area contributed by atoms with Gasteiger partial charge in [0.25, 0.3) is 0 Å². The van der Waals surface area contributed by atoms with Crippen molar-refractivity contribution >= 4 is 55.1 Å². The first kappa shape index (κ1) is 34.4. The number of carbonyl (C=O) groups excluding carboxylic acids is 2. The van der Waals surface area contributed by atoms with E-state index in [0.717, 1.165) is 34.8 Å². The van der Waals surface area contributed by atoms with E-state index in [9.17, 15) is 31.2 Å². The predicted molar refractivity (Wildman–Crippen MR) is 165 cm³/mol. The summed E-state index contributed by atoms with van der Waals surface area (Å²) in [6, 6.07) is 17.6. The molecule has 0 fully saturated rings. The highest BCUT2D eigenvalue weighted by molar-refractivity contribution is 9.10. The van der Waals surface area contributed by atoms with Crippen LogP contribution in [0.3, 0.4) is 0 Å². The molecule has 0 saturated carbocycles. The largest absolute Gasteiger partial charge is 0.417 e.